The minimum Gasteiger partial charge on any atom is -0.465 e. The second kappa shape index (κ2) is 4.48. The van der Waals surface area contributed by atoms with Gasteiger partial charge in [-0.25, -0.2) is 0 Å². The van der Waals surface area contributed by atoms with Crippen molar-refractivity contribution >= 4 is 5.97 Å². The van der Waals surface area contributed by atoms with Gasteiger partial charge in [0.15, 0.2) is 5.41 Å². The standard InChI is InChI=1S/C11H16F3NO2/c12-11(13,14)10(4-5-15-7-10)9(16)17-6-3-8-1-2-8/h8,15H,1-7H2. The van der Waals surface area contributed by atoms with Gasteiger partial charge in [-0.2, -0.15) is 13.2 Å². The molecule has 2 fully saturated rings. The highest BCUT2D eigenvalue weighted by Gasteiger charge is 2.62. The molecule has 98 valence electrons. The molecule has 3 nitrogen and oxygen atoms in total. The summed E-state index contributed by atoms with van der Waals surface area (Å²) < 4.78 is 43.6. The summed E-state index contributed by atoms with van der Waals surface area (Å²) >= 11 is 0. The van der Waals surface area contributed by atoms with E-state index in [0.717, 1.165) is 12.8 Å². The molecule has 0 aromatic carbocycles. The van der Waals surface area contributed by atoms with Gasteiger partial charge in [-0.15, -0.1) is 0 Å². The Labute approximate surface area is 97.7 Å². The van der Waals surface area contributed by atoms with Crippen molar-refractivity contribution < 1.29 is 22.7 Å². The van der Waals surface area contributed by atoms with Gasteiger partial charge in [0.25, 0.3) is 0 Å². The lowest BCUT2D eigenvalue weighted by molar-refractivity contribution is -0.229. The van der Waals surface area contributed by atoms with Crippen LogP contribution in [0.3, 0.4) is 0 Å². The average Bonchev–Trinajstić information content (AvgIpc) is 2.91. The van der Waals surface area contributed by atoms with E-state index < -0.39 is 17.6 Å². The number of esters is 1. The number of carbonyl (C=O) groups excluding carboxylic acids is 1. The zero-order valence-corrected chi connectivity index (χ0v) is 9.48. The minimum atomic E-state index is -4.53. The number of carbonyl (C=O) groups is 1. The zero-order valence-electron chi connectivity index (χ0n) is 9.48. The molecule has 2 rings (SSSR count). The minimum absolute atomic E-state index is 0.112. The third-order valence-corrected chi connectivity index (χ3v) is 3.54. The number of alkyl halides is 3. The SMILES string of the molecule is O=C(OCCC1CC1)C1(C(F)(F)F)CCNC1. The van der Waals surface area contributed by atoms with Gasteiger partial charge < -0.3 is 10.1 Å². The van der Waals surface area contributed by atoms with Crippen molar-refractivity contribution in [3.63, 3.8) is 0 Å². The summed E-state index contributed by atoms with van der Waals surface area (Å²) in [5.41, 5.74) is -2.32. The normalized spacial score (nSPS) is 29.4. The quantitative estimate of drug-likeness (QED) is 0.775. The molecule has 0 radical (unpaired) electrons. The Kier molecular flexibility index (Phi) is 3.34. The molecule has 6 heteroatoms. The molecule has 1 aliphatic carbocycles. The number of halogens is 3. The summed E-state index contributed by atoms with van der Waals surface area (Å²) in [6.07, 6.45) is -1.87. The maximum absolute atomic E-state index is 12.9. The van der Waals surface area contributed by atoms with Crippen molar-refractivity contribution in [3.05, 3.63) is 0 Å². The Morgan fingerprint density at radius 1 is 1.41 bits per heavy atom. The summed E-state index contributed by atoms with van der Waals surface area (Å²) in [5.74, 6) is -0.568. The smallest absolute Gasteiger partial charge is 0.406 e. The van der Waals surface area contributed by atoms with Crippen molar-refractivity contribution in [3.8, 4) is 0 Å². The fourth-order valence-electron chi connectivity index (χ4n) is 2.09. The molecule has 1 heterocycles. The largest absolute Gasteiger partial charge is 0.465 e. The number of nitrogens with one attached hydrogen (secondary N) is 1. The van der Waals surface area contributed by atoms with E-state index in [-0.39, 0.29) is 26.1 Å². The van der Waals surface area contributed by atoms with Gasteiger partial charge in [0.1, 0.15) is 0 Å². The van der Waals surface area contributed by atoms with Gasteiger partial charge in [-0.3, -0.25) is 4.79 Å². The van der Waals surface area contributed by atoms with Crippen molar-refractivity contribution in [2.45, 2.75) is 31.9 Å². The molecule has 0 bridgehead atoms. The number of hydrogen-bond donors (Lipinski definition) is 1. The summed E-state index contributed by atoms with van der Waals surface area (Å²) in [5, 5.41) is 2.59. The molecule has 0 aromatic rings. The molecule has 0 amide bonds. The van der Waals surface area contributed by atoms with Gasteiger partial charge in [-0.1, -0.05) is 12.8 Å². The Morgan fingerprint density at radius 3 is 2.59 bits per heavy atom. The van der Waals surface area contributed by atoms with Crippen LogP contribution in [-0.4, -0.2) is 31.8 Å². The lowest BCUT2D eigenvalue weighted by atomic mass is 9.86. The second-order valence-electron chi connectivity index (χ2n) is 4.87. The fraction of sp³-hybridized carbons (Fsp3) is 0.909. The topological polar surface area (TPSA) is 38.3 Å². The highest BCUT2D eigenvalue weighted by Crippen LogP contribution is 2.44. The number of ether oxygens (including phenoxy) is 1. The van der Waals surface area contributed by atoms with Crippen LogP contribution in [0.2, 0.25) is 0 Å². The van der Waals surface area contributed by atoms with E-state index in [9.17, 15) is 18.0 Å². The first kappa shape index (κ1) is 12.7. The second-order valence-corrected chi connectivity index (χ2v) is 4.87. The fourth-order valence-corrected chi connectivity index (χ4v) is 2.09. The Bertz CT molecular complexity index is 294. The van der Waals surface area contributed by atoms with Crippen LogP contribution >= 0.6 is 0 Å². The molecule has 1 saturated heterocycles. The van der Waals surface area contributed by atoms with Gasteiger partial charge >= 0.3 is 12.1 Å². The summed E-state index contributed by atoms with van der Waals surface area (Å²) in [6.45, 7) is -0.0443. The van der Waals surface area contributed by atoms with Crippen molar-refractivity contribution in [2.24, 2.45) is 11.3 Å². The van der Waals surface area contributed by atoms with Crippen molar-refractivity contribution in [1.82, 2.24) is 5.32 Å². The molecular formula is C11H16F3NO2. The Balaban J connectivity index is 1.92. The van der Waals surface area contributed by atoms with E-state index in [1.165, 1.54) is 0 Å². The molecule has 1 N–H and O–H groups in total. The first-order valence-electron chi connectivity index (χ1n) is 5.90. The van der Waals surface area contributed by atoms with E-state index in [0.29, 0.717) is 12.3 Å². The van der Waals surface area contributed by atoms with E-state index in [1.807, 2.05) is 0 Å². The van der Waals surface area contributed by atoms with Crippen LogP contribution in [-0.2, 0) is 9.53 Å². The van der Waals surface area contributed by atoms with E-state index >= 15 is 0 Å². The summed E-state index contributed by atoms with van der Waals surface area (Å²) in [7, 11) is 0. The molecule has 0 aromatic heterocycles. The molecule has 1 saturated carbocycles. The summed E-state index contributed by atoms with van der Waals surface area (Å²) in [4.78, 5) is 11.6. The predicted molar refractivity (Wildman–Crippen MR) is 54.3 cm³/mol. The van der Waals surface area contributed by atoms with Crippen LogP contribution in [0.4, 0.5) is 13.2 Å². The molecule has 1 atom stereocenters. The molecule has 1 aliphatic heterocycles. The maximum Gasteiger partial charge on any atom is 0.406 e. The lowest BCUT2D eigenvalue weighted by Crippen LogP contribution is -2.47. The van der Waals surface area contributed by atoms with E-state index in [4.69, 9.17) is 4.74 Å². The predicted octanol–water partition coefficient (Wildman–Crippen LogP) is 1.87. The number of hydrogen-bond acceptors (Lipinski definition) is 3. The van der Waals surface area contributed by atoms with Gasteiger partial charge in [0.05, 0.1) is 6.61 Å². The van der Waals surface area contributed by atoms with Crippen molar-refractivity contribution in [1.29, 1.82) is 0 Å². The molecule has 0 spiro atoms. The Hall–Kier alpha value is -0.780. The average molecular weight is 251 g/mol. The monoisotopic (exact) mass is 251 g/mol. The molecule has 17 heavy (non-hydrogen) atoms. The lowest BCUT2D eigenvalue weighted by Gasteiger charge is -2.28. The molecule has 2 aliphatic rings. The van der Waals surface area contributed by atoms with E-state index in [1.54, 1.807) is 0 Å². The van der Waals surface area contributed by atoms with E-state index in [2.05, 4.69) is 5.32 Å². The maximum atomic E-state index is 12.9. The first-order chi connectivity index (χ1) is 7.96. The van der Waals surface area contributed by atoms with Gasteiger partial charge in [0.2, 0.25) is 0 Å². The third-order valence-electron chi connectivity index (χ3n) is 3.54. The zero-order chi connectivity index (χ0) is 12.5. The third kappa shape index (κ3) is 2.56. The van der Waals surface area contributed by atoms with Crippen LogP contribution < -0.4 is 5.32 Å². The first-order valence-corrected chi connectivity index (χ1v) is 5.90. The highest BCUT2D eigenvalue weighted by molar-refractivity contribution is 5.78. The van der Waals surface area contributed by atoms with Crippen LogP contribution in [0.5, 0.6) is 0 Å². The van der Waals surface area contributed by atoms with Crippen LogP contribution in [0, 0.1) is 11.3 Å². The van der Waals surface area contributed by atoms with Crippen LogP contribution in [0.15, 0.2) is 0 Å². The Morgan fingerprint density at radius 2 is 2.12 bits per heavy atom. The molecule has 1 unspecified atom stereocenters. The highest BCUT2D eigenvalue weighted by atomic mass is 19.4. The van der Waals surface area contributed by atoms with Gasteiger partial charge in [-0.05, 0) is 25.3 Å². The number of rotatable bonds is 4. The van der Waals surface area contributed by atoms with Gasteiger partial charge in [0, 0.05) is 6.54 Å². The molecular weight excluding hydrogens is 235 g/mol. The van der Waals surface area contributed by atoms with Crippen LogP contribution in [0.25, 0.3) is 0 Å². The van der Waals surface area contributed by atoms with Crippen molar-refractivity contribution in [2.75, 3.05) is 19.7 Å². The van der Waals surface area contributed by atoms with Crippen LogP contribution in [0.1, 0.15) is 25.7 Å². The summed E-state index contributed by atoms with van der Waals surface area (Å²) in [6, 6.07) is 0.